The van der Waals surface area contributed by atoms with Crippen LogP contribution >= 0.6 is 0 Å². The molecule has 0 saturated heterocycles. The molecule has 1 atom stereocenters. The minimum atomic E-state index is -4.52. The quantitative estimate of drug-likeness (QED) is 0.285. The van der Waals surface area contributed by atoms with E-state index in [0.29, 0.717) is 35.1 Å². The van der Waals surface area contributed by atoms with Crippen molar-refractivity contribution < 1.29 is 41.0 Å². The van der Waals surface area contributed by atoms with Crippen molar-refractivity contribution in [1.29, 1.82) is 0 Å². The van der Waals surface area contributed by atoms with Gasteiger partial charge in [-0.25, -0.2) is 0 Å². The van der Waals surface area contributed by atoms with Crippen molar-refractivity contribution in [2.45, 2.75) is 51.6 Å². The third-order valence-electron chi connectivity index (χ3n) is 5.81. The van der Waals surface area contributed by atoms with Crippen LogP contribution in [0.2, 0.25) is 0 Å². The van der Waals surface area contributed by atoms with E-state index in [-0.39, 0.29) is 18.1 Å². The summed E-state index contributed by atoms with van der Waals surface area (Å²) in [5.74, 6) is -0.585. The van der Waals surface area contributed by atoms with Gasteiger partial charge < -0.3 is 9.84 Å². The van der Waals surface area contributed by atoms with E-state index in [1.54, 1.807) is 18.2 Å². The van der Waals surface area contributed by atoms with Gasteiger partial charge in [0.2, 0.25) is 0 Å². The standard InChI is InChI=1S/C28H26F6O3/c1-17(2)3-14-25(37-22-11-9-21(10-12-22)28(32,33)34)23-13-4-18(16-26(35)36)15-24(23)19-5-7-20(8-6-19)27(29,30)31/h4-13,15,17,25H,3,14,16H2,1-2H3,(H,35,36). The molecule has 0 aromatic heterocycles. The molecule has 9 heteroatoms. The Morgan fingerprint density at radius 3 is 1.84 bits per heavy atom. The van der Waals surface area contributed by atoms with Gasteiger partial charge in [0.05, 0.1) is 17.5 Å². The number of carboxylic acids is 1. The monoisotopic (exact) mass is 524 g/mol. The van der Waals surface area contributed by atoms with Crippen LogP contribution < -0.4 is 4.74 Å². The van der Waals surface area contributed by atoms with E-state index in [1.807, 2.05) is 13.8 Å². The lowest BCUT2D eigenvalue weighted by Gasteiger charge is -2.24. The first kappa shape index (κ1) is 28.1. The summed E-state index contributed by atoms with van der Waals surface area (Å²) in [6.07, 6.45) is -8.76. The van der Waals surface area contributed by atoms with Crippen molar-refractivity contribution in [3.8, 4) is 16.9 Å². The van der Waals surface area contributed by atoms with Crippen LogP contribution in [-0.2, 0) is 23.6 Å². The van der Waals surface area contributed by atoms with E-state index >= 15 is 0 Å². The smallest absolute Gasteiger partial charge is 0.416 e. The topological polar surface area (TPSA) is 46.5 Å². The third-order valence-corrected chi connectivity index (χ3v) is 5.81. The normalized spacial score (nSPS) is 13.0. The van der Waals surface area contributed by atoms with Crippen LogP contribution in [0.25, 0.3) is 11.1 Å². The highest BCUT2D eigenvalue weighted by molar-refractivity contribution is 5.74. The molecule has 1 N–H and O–H groups in total. The highest BCUT2D eigenvalue weighted by Gasteiger charge is 2.31. The van der Waals surface area contributed by atoms with E-state index in [4.69, 9.17) is 4.74 Å². The van der Waals surface area contributed by atoms with E-state index in [2.05, 4.69) is 0 Å². The zero-order chi connectivity index (χ0) is 27.4. The summed E-state index contributed by atoms with van der Waals surface area (Å²) in [4.78, 5) is 11.3. The number of aliphatic carboxylic acids is 1. The lowest BCUT2D eigenvalue weighted by molar-refractivity contribution is -0.138. The second kappa shape index (κ2) is 11.3. The van der Waals surface area contributed by atoms with Gasteiger partial charge in [-0.1, -0.05) is 44.2 Å². The number of rotatable bonds is 9. The van der Waals surface area contributed by atoms with Gasteiger partial charge in [-0.15, -0.1) is 0 Å². The number of halogens is 6. The molecule has 0 saturated carbocycles. The highest BCUT2D eigenvalue weighted by Crippen LogP contribution is 2.38. The van der Waals surface area contributed by atoms with Crippen molar-refractivity contribution in [3.05, 3.63) is 89.0 Å². The molecule has 3 nitrogen and oxygen atoms in total. The van der Waals surface area contributed by atoms with E-state index in [1.165, 1.54) is 24.3 Å². The molecule has 0 radical (unpaired) electrons. The van der Waals surface area contributed by atoms with Gasteiger partial charge >= 0.3 is 18.3 Å². The zero-order valence-corrected chi connectivity index (χ0v) is 20.2. The summed E-state index contributed by atoms with van der Waals surface area (Å²) in [6, 6.07) is 13.7. The van der Waals surface area contributed by atoms with Crippen LogP contribution in [-0.4, -0.2) is 11.1 Å². The van der Waals surface area contributed by atoms with Gasteiger partial charge in [0, 0.05) is 5.56 Å². The lowest BCUT2D eigenvalue weighted by atomic mass is 9.90. The number of ether oxygens (including phenoxy) is 1. The largest absolute Gasteiger partial charge is 0.486 e. The van der Waals surface area contributed by atoms with Crippen LogP contribution in [0.15, 0.2) is 66.7 Å². The molecule has 0 spiro atoms. The molecule has 3 rings (SSSR count). The SMILES string of the molecule is CC(C)CCC(Oc1ccc(C(F)(F)F)cc1)c1ccc(CC(=O)O)cc1-c1ccc(C(F)(F)F)cc1. The zero-order valence-electron chi connectivity index (χ0n) is 20.2. The van der Waals surface area contributed by atoms with Crippen LogP contribution in [0.1, 0.15) is 55.0 Å². The Morgan fingerprint density at radius 1 is 0.811 bits per heavy atom. The fourth-order valence-corrected chi connectivity index (χ4v) is 3.91. The molecule has 0 heterocycles. The van der Waals surface area contributed by atoms with Crippen LogP contribution in [0.3, 0.4) is 0 Å². The number of hydrogen-bond donors (Lipinski definition) is 1. The molecule has 1 unspecified atom stereocenters. The first-order valence-electron chi connectivity index (χ1n) is 11.6. The Kier molecular flexibility index (Phi) is 8.56. The molecule has 3 aromatic carbocycles. The lowest BCUT2D eigenvalue weighted by Crippen LogP contribution is -2.12. The Hall–Kier alpha value is -3.49. The maximum Gasteiger partial charge on any atom is 0.416 e. The average molecular weight is 525 g/mol. The molecular weight excluding hydrogens is 498 g/mol. The number of benzene rings is 3. The van der Waals surface area contributed by atoms with Crippen LogP contribution in [0.4, 0.5) is 26.3 Å². The molecule has 37 heavy (non-hydrogen) atoms. The van der Waals surface area contributed by atoms with Crippen molar-refractivity contribution in [2.24, 2.45) is 5.92 Å². The van der Waals surface area contributed by atoms with Gasteiger partial charge in [-0.05, 0) is 71.8 Å². The first-order chi connectivity index (χ1) is 17.2. The minimum Gasteiger partial charge on any atom is -0.486 e. The molecule has 0 amide bonds. The maximum atomic E-state index is 13.1. The Labute approximate surface area is 210 Å². The van der Waals surface area contributed by atoms with Crippen molar-refractivity contribution in [2.75, 3.05) is 0 Å². The Bertz CT molecular complexity index is 1200. The summed E-state index contributed by atoms with van der Waals surface area (Å²) in [7, 11) is 0. The van der Waals surface area contributed by atoms with Gasteiger partial charge in [0.1, 0.15) is 11.9 Å². The predicted molar refractivity (Wildman–Crippen MR) is 127 cm³/mol. The fraction of sp³-hybridized carbons (Fsp3) is 0.321. The number of hydrogen-bond acceptors (Lipinski definition) is 2. The van der Waals surface area contributed by atoms with Crippen molar-refractivity contribution >= 4 is 5.97 Å². The van der Waals surface area contributed by atoms with E-state index in [0.717, 1.165) is 24.3 Å². The molecule has 0 fully saturated rings. The van der Waals surface area contributed by atoms with Crippen molar-refractivity contribution in [1.82, 2.24) is 0 Å². The molecule has 3 aromatic rings. The maximum absolute atomic E-state index is 13.1. The number of alkyl halides is 6. The highest BCUT2D eigenvalue weighted by atomic mass is 19.4. The summed E-state index contributed by atoms with van der Waals surface area (Å²) in [5.41, 5.74) is 0.325. The van der Waals surface area contributed by atoms with Gasteiger partial charge in [0.25, 0.3) is 0 Å². The molecule has 0 bridgehead atoms. The molecule has 0 aliphatic rings. The summed E-state index contributed by atoms with van der Waals surface area (Å²) in [6.45, 7) is 4.00. The summed E-state index contributed by atoms with van der Waals surface area (Å²) < 4.78 is 84.3. The molecular formula is C28H26F6O3. The number of carbonyl (C=O) groups is 1. The number of carboxylic acid groups (broad SMARTS) is 1. The van der Waals surface area contributed by atoms with Crippen molar-refractivity contribution in [3.63, 3.8) is 0 Å². The van der Waals surface area contributed by atoms with Gasteiger partial charge in [-0.3, -0.25) is 4.79 Å². The summed E-state index contributed by atoms with van der Waals surface area (Å²) in [5, 5.41) is 9.22. The van der Waals surface area contributed by atoms with E-state index < -0.39 is 35.6 Å². The molecule has 0 aliphatic carbocycles. The third kappa shape index (κ3) is 7.74. The second-order valence-corrected chi connectivity index (χ2v) is 9.17. The average Bonchev–Trinajstić information content (AvgIpc) is 2.80. The van der Waals surface area contributed by atoms with Gasteiger partial charge in [-0.2, -0.15) is 26.3 Å². The first-order valence-corrected chi connectivity index (χ1v) is 11.6. The molecule has 198 valence electrons. The second-order valence-electron chi connectivity index (χ2n) is 9.17. The minimum absolute atomic E-state index is 0.203. The van der Waals surface area contributed by atoms with Crippen LogP contribution in [0.5, 0.6) is 5.75 Å². The predicted octanol–water partition coefficient (Wildman–Crippen LogP) is 8.57. The Balaban J connectivity index is 2.06. The van der Waals surface area contributed by atoms with Crippen LogP contribution in [0, 0.1) is 5.92 Å². The Morgan fingerprint density at radius 2 is 1.35 bits per heavy atom. The molecule has 0 aliphatic heterocycles. The summed E-state index contributed by atoms with van der Waals surface area (Å²) >= 11 is 0. The van der Waals surface area contributed by atoms with Gasteiger partial charge in [0.15, 0.2) is 0 Å². The van der Waals surface area contributed by atoms with E-state index in [9.17, 15) is 36.2 Å². The fourth-order valence-electron chi connectivity index (χ4n) is 3.91.